The summed E-state index contributed by atoms with van der Waals surface area (Å²) in [6, 6.07) is 0. The summed E-state index contributed by atoms with van der Waals surface area (Å²) in [4.78, 5) is 0. The summed E-state index contributed by atoms with van der Waals surface area (Å²) in [5.74, 6) is 0. The van der Waals surface area contributed by atoms with E-state index in [2.05, 4.69) is 6.92 Å². The standard InChI is InChI=1S/C13H28O2/c1-6-7-8-9-13(5,10-14)11(15)12(2,3)4/h11,14-15H,6-10H2,1-5H3. The minimum atomic E-state index is -0.452. The van der Waals surface area contributed by atoms with Gasteiger partial charge in [-0.25, -0.2) is 0 Å². The van der Waals surface area contributed by atoms with Crippen LogP contribution in [0.2, 0.25) is 0 Å². The summed E-state index contributed by atoms with van der Waals surface area (Å²) < 4.78 is 0. The van der Waals surface area contributed by atoms with Gasteiger partial charge in [0.15, 0.2) is 0 Å². The summed E-state index contributed by atoms with van der Waals surface area (Å²) in [7, 11) is 0. The van der Waals surface area contributed by atoms with Crippen LogP contribution in [0.4, 0.5) is 0 Å². The summed E-state index contributed by atoms with van der Waals surface area (Å²) in [6.45, 7) is 10.3. The van der Waals surface area contributed by atoms with Gasteiger partial charge in [-0.15, -0.1) is 0 Å². The summed E-state index contributed by atoms with van der Waals surface area (Å²) in [5, 5.41) is 19.7. The first-order chi connectivity index (χ1) is 6.78. The third-order valence-corrected chi connectivity index (χ3v) is 3.19. The Bertz CT molecular complexity index is 172. The van der Waals surface area contributed by atoms with E-state index < -0.39 is 6.10 Å². The second kappa shape index (κ2) is 5.86. The summed E-state index contributed by atoms with van der Waals surface area (Å²) in [5.41, 5.74) is -0.517. The van der Waals surface area contributed by atoms with Gasteiger partial charge in [0.05, 0.1) is 12.7 Å². The topological polar surface area (TPSA) is 40.5 Å². The van der Waals surface area contributed by atoms with E-state index in [1.165, 1.54) is 12.8 Å². The number of hydrogen-bond acceptors (Lipinski definition) is 2. The highest BCUT2D eigenvalue weighted by atomic mass is 16.3. The Morgan fingerprint density at radius 1 is 1.07 bits per heavy atom. The van der Waals surface area contributed by atoms with Gasteiger partial charge in [-0.3, -0.25) is 0 Å². The van der Waals surface area contributed by atoms with Crippen molar-refractivity contribution in [3.05, 3.63) is 0 Å². The maximum Gasteiger partial charge on any atom is 0.0663 e. The number of unbranched alkanes of at least 4 members (excludes halogenated alkanes) is 2. The molecule has 0 fully saturated rings. The van der Waals surface area contributed by atoms with E-state index in [1.54, 1.807) is 0 Å². The van der Waals surface area contributed by atoms with Crippen LogP contribution in [-0.2, 0) is 0 Å². The van der Waals surface area contributed by atoms with Crippen LogP contribution in [0.25, 0.3) is 0 Å². The first-order valence-electron chi connectivity index (χ1n) is 6.07. The van der Waals surface area contributed by atoms with Gasteiger partial charge < -0.3 is 10.2 Å². The van der Waals surface area contributed by atoms with E-state index >= 15 is 0 Å². The van der Waals surface area contributed by atoms with Gasteiger partial charge >= 0.3 is 0 Å². The lowest BCUT2D eigenvalue weighted by molar-refractivity contribution is -0.0724. The maximum absolute atomic E-state index is 10.2. The van der Waals surface area contributed by atoms with Crippen molar-refractivity contribution in [3.8, 4) is 0 Å². The first kappa shape index (κ1) is 14.9. The molecule has 0 spiro atoms. The van der Waals surface area contributed by atoms with E-state index in [-0.39, 0.29) is 17.4 Å². The van der Waals surface area contributed by atoms with Crippen LogP contribution in [0.3, 0.4) is 0 Å². The molecule has 0 bridgehead atoms. The van der Waals surface area contributed by atoms with Crippen molar-refractivity contribution in [1.82, 2.24) is 0 Å². The van der Waals surface area contributed by atoms with Crippen molar-refractivity contribution < 1.29 is 10.2 Å². The van der Waals surface area contributed by atoms with Crippen LogP contribution in [-0.4, -0.2) is 22.9 Å². The fourth-order valence-electron chi connectivity index (χ4n) is 2.13. The fraction of sp³-hybridized carbons (Fsp3) is 1.00. The SMILES string of the molecule is CCCCCC(C)(CO)C(O)C(C)(C)C. The molecule has 2 nitrogen and oxygen atoms in total. The molecule has 0 aliphatic rings. The predicted molar refractivity (Wildman–Crippen MR) is 64.8 cm³/mol. The molecule has 0 radical (unpaired) electrons. The lowest BCUT2D eigenvalue weighted by atomic mass is 9.70. The lowest BCUT2D eigenvalue weighted by Gasteiger charge is -2.40. The highest BCUT2D eigenvalue weighted by Crippen LogP contribution is 2.37. The van der Waals surface area contributed by atoms with Crippen LogP contribution in [0, 0.1) is 10.8 Å². The minimum absolute atomic E-state index is 0.0646. The number of hydrogen-bond donors (Lipinski definition) is 2. The number of aliphatic hydroxyl groups excluding tert-OH is 2. The molecule has 15 heavy (non-hydrogen) atoms. The van der Waals surface area contributed by atoms with E-state index in [0.717, 1.165) is 12.8 Å². The highest BCUT2D eigenvalue weighted by Gasteiger charge is 2.39. The molecule has 0 aromatic rings. The third kappa shape index (κ3) is 4.52. The van der Waals surface area contributed by atoms with Gasteiger partial charge in [-0.1, -0.05) is 53.9 Å². The van der Waals surface area contributed by atoms with Gasteiger partial charge in [0.2, 0.25) is 0 Å². The number of aliphatic hydroxyl groups is 2. The second-order valence-corrected chi connectivity index (χ2v) is 6.04. The molecule has 0 amide bonds. The summed E-state index contributed by atoms with van der Waals surface area (Å²) >= 11 is 0. The Hall–Kier alpha value is -0.0800. The molecular formula is C13H28O2. The molecule has 2 unspecified atom stereocenters. The van der Waals surface area contributed by atoms with Crippen molar-refractivity contribution in [2.45, 2.75) is 66.4 Å². The molecule has 0 saturated carbocycles. The minimum Gasteiger partial charge on any atom is -0.396 e. The molecule has 0 aromatic carbocycles. The van der Waals surface area contributed by atoms with Gasteiger partial charge in [-0.2, -0.15) is 0 Å². The quantitative estimate of drug-likeness (QED) is 0.670. The number of rotatable bonds is 6. The highest BCUT2D eigenvalue weighted by molar-refractivity contribution is 4.89. The Morgan fingerprint density at radius 2 is 1.60 bits per heavy atom. The molecule has 2 heteroatoms. The molecular weight excluding hydrogens is 188 g/mol. The maximum atomic E-state index is 10.2. The van der Waals surface area contributed by atoms with Gasteiger partial charge in [0.1, 0.15) is 0 Å². The average molecular weight is 216 g/mol. The van der Waals surface area contributed by atoms with Crippen molar-refractivity contribution >= 4 is 0 Å². The molecule has 0 aliphatic carbocycles. The molecule has 2 N–H and O–H groups in total. The monoisotopic (exact) mass is 216 g/mol. The van der Waals surface area contributed by atoms with Crippen molar-refractivity contribution in [2.75, 3.05) is 6.61 Å². The van der Waals surface area contributed by atoms with Crippen LogP contribution in [0.15, 0.2) is 0 Å². The van der Waals surface area contributed by atoms with E-state index in [9.17, 15) is 10.2 Å². The Labute approximate surface area is 94.7 Å². The molecule has 0 heterocycles. The van der Waals surface area contributed by atoms with E-state index in [1.807, 2.05) is 27.7 Å². The summed E-state index contributed by atoms with van der Waals surface area (Å²) in [6.07, 6.45) is 3.88. The molecule has 92 valence electrons. The Balaban J connectivity index is 4.41. The third-order valence-electron chi connectivity index (χ3n) is 3.19. The largest absolute Gasteiger partial charge is 0.396 e. The Kier molecular flexibility index (Phi) is 5.82. The zero-order valence-corrected chi connectivity index (χ0v) is 11.0. The van der Waals surface area contributed by atoms with E-state index in [4.69, 9.17) is 0 Å². The molecule has 0 aromatic heterocycles. The zero-order chi connectivity index (χ0) is 12.1. The van der Waals surface area contributed by atoms with Crippen molar-refractivity contribution in [3.63, 3.8) is 0 Å². The van der Waals surface area contributed by atoms with Gasteiger partial charge in [-0.05, 0) is 11.8 Å². The first-order valence-corrected chi connectivity index (χ1v) is 6.07. The van der Waals surface area contributed by atoms with Crippen molar-refractivity contribution in [1.29, 1.82) is 0 Å². The molecule has 0 rings (SSSR count). The second-order valence-electron chi connectivity index (χ2n) is 6.04. The zero-order valence-electron chi connectivity index (χ0n) is 11.0. The fourth-order valence-corrected chi connectivity index (χ4v) is 2.13. The Morgan fingerprint density at radius 3 is 1.93 bits per heavy atom. The van der Waals surface area contributed by atoms with E-state index in [0.29, 0.717) is 0 Å². The van der Waals surface area contributed by atoms with Crippen LogP contribution >= 0.6 is 0 Å². The van der Waals surface area contributed by atoms with Gasteiger partial charge in [0, 0.05) is 5.41 Å². The van der Waals surface area contributed by atoms with Crippen LogP contribution in [0.1, 0.15) is 60.3 Å². The molecule has 2 atom stereocenters. The predicted octanol–water partition coefficient (Wildman–Crippen LogP) is 2.97. The normalized spacial score (nSPS) is 18.6. The van der Waals surface area contributed by atoms with Crippen LogP contribution in [0.5, 0.6) is 0 Å². The van der Waals surface area contributed by atoms with Crippen LogP contribution < -0.4 is 0 Å². The van der Waals surface area contributed by atoms with Gasteiger partial charge in [0.25, 0.3) is 0 Å². The smallest absolute Gasteiger partial charge is 0.0663 e. The molecule has 0 aliphatic heterocycles. The average Bonchev–Trinajstić information content (AvgIpc) is 2.15. The molecule has 0 saturated heterocycles. The lowest BCUT2D eigenvalue weighted by Crippen LogP contribution is -2.44. The van der Waals surface area contributed by atoms with Crippen molar-refractivity contribution in [2.24, 2.45) is 10.8 Å².